The maximum Gasteiger partial charge on any atom is 0.310 e. The fourth-order valence-corrected chi connectivity index (χ4v) is 9.47. The van der Waals surface area contributed by atoms with Gasteiger partial charge in [-0.05, 0) is 64.6 Å². The van der Waals surface area contributed by atoms with E-state index in [4.69, 9.17) is 37.9 Å². The molecule has 3 aromatic heterocycles. The molecule has 0 aliphatic carbocycles. The third-order valence-corrected chi connectivity index (χ3v) is 13.0. The van der Waals surface area contributed by atoms with Crippen LogP contribution in [0.2, 0.25) is 0 Å². The molecule has 1 atom stereocenters. The smallest absolute Gasteiger partial charge is 0.310 e. The zero-order chi connectivity index (χ0) is 49.7. The number of fused-ring (bicyclic) bond motifs is 6. The van der Waals surface area contributed by atoms with Crippen molar-refractivity contribution in [2.75, 3.05) is 63.4 Å². The van der Waals surface area contributed by atoms with Gasteiger partial charge in [0.05, 0.1) is 88.1 Å². The van der Waals surface area contributed by atoms with Crippen molar-refractivity contribution in [3.8, 4) is 0 Å². The molecule has 1 spiro atoms. The number of rotatable bonds is 20. The molecule has 0 saturated carbocycles. The number of esters is 8. The number of ether oxygens (including phenoxy) is 8. The Morgan fingerprint density at radius 3 is 1.06 bits per heavy atom. The van der Waals surface area contributed by atoms with Crippen LogP contribution < -0.4 is 5.32 Å². The van der Waals surface area contributed by atoms with Gasteiger partial charge in [0.15, 0.2) is 0 Å². The molecule has 68 heavy (non-hydrogen) atoms. The molecule has 2 aliphatic heterocycles. The van der Waals surface area contributed by atoms with Gasteiger partial charge in [-0.15, -0.1) is 0 Å². The summed E-state index contributed by atoms with van der Waals surface area (Å²) in [5.74, 6) is -4.19. The Bertz CT molecular complexity index is 2440. The molecule has 4 N–H and O–H groups in total. The van der Waals surface area contributed by atoms with E-state index in [1.165, 1.54) is 56.9 Å². The normalized spacial score (nSPS) is 15.3. The van der Waals surface area contributed by atoms with Crippen molar-refractivity contribution in [3.63, 3.8) is 0 Å². The van der Waals surface area contributed by atoms with Crippen LogP contribution in [0.4, 0.5) is 0 Å². The van der Waals surface area contributed by atoms with Crippen molar-refractivity contribution in [2.45, 2.75) is 108 Å². The van der Waals surface area contributed by atoms with Gasteiger partial charge in [-0.2, -0.15) is 0 Å². The highest BCUT2D eigenvalue weighted by atomic mass is 16.5. The number of hydrogen-bond donors (Lipinski definition) is 4. The number of methoxy groups -OCH3 is 8. The van der Waals surface area contributed by atoms with Gasteiger partial charge in [0.25, 0.3) is 0 Å². The first-order chi connectivity index (χ1) is 32.6. The van der Waals surface area contributed by atoms with E-state index in [-0.39, 0.29) is 109 Å². The van der Waals surface area contributed by atoms with E-state index in [0.717, 1.165) is 5.57 Å². The third-order valence-electron chi connectivity index (χ3n) is 13.0. The van der Waals surface area contributed by atoms with Gasteiger partial charge < -0.3 is 58.2 Å². The highest BCUT2D eigenvalue weighted by Crippen LogP contribution is 2.41. The number of nitrogens with one attached hydrogen (secondary N) is 4. The molecule has 0 amide bonds. The van der Waals surface area contributed by atoms with E-state index in [1.807, 2.05) is 0 Å². The molecule has 5 rings (SSSR count). The summed E-state index contributed by atoms with van der Waals surface area (Å²) in [6.45, 7) is 0.239. The Hall–Kier alpha value is -6.70. The molecule has 0 radical (unpaired) electrons. The van der Waals surface area contributed by atoms with Crippen LogP contribution in [0.3, 0.4) is 0 Å². The summed E-state index contributed by atoms with van der Waals surface area (Å²) in [4.78, 5) is 115. The summed E-state index contributed by atoms with van der Waals surface area (Å²) >= 11 is 0. The number of aromatic nitrogens is 3. The van der Waals surface area contributed by atoms with Crippen molar-refractivity contribution in [1.29, 1.82) is 0 Å². The fourth-order valence-electron chi connectivity index (χ4n) is 9.47. The second kappa shape index (κ2) is 23.8. The molecule has 2 aliphatic rings. The monoisotopic (exact) mass is 950 g/mol. The van der Waals surface area contributed by atoms with Gasteiger partial charge in [-0.3, -0.25) is 38.4 Å². The summed E-state index contributed by atoms with van der Waals surface area (Å²) < 4.78 is 41.0. The van der Waals surface area contributed by atoms with Crippen LogP contribution in [-0.4, -0.2) is 132 Å². The van der Waals surface area contributed by atoms with Crippen molar-refractivity contribution in [3.05, 3.63) is 78.7 Å². The van der Waals surface area contributed by atoms with Crippen LogP contribution in [0.25, 0.3) is 0 Å². The molecule has 370 valence electrons. The lowest BCUT2D eigenvalue weighted by molar-refractivity contribution is -0.141. The van der Waals surface area contributed by atoms with Crippen LogP contribution >= 0.6 is 0 Å². The Balaban J connectivity index is 1.94. The first-order valence-electron chi connectivity index (χ1n) is 22.2. The first kappa shape index (κ1) is 52.3. The standard InChI is InChI=1S/C48H62N4O16/c1-61-40(53)13-9-26-25-49-48(33(26)20-47(60)68-8)23-38-29(12-16-43(56)64-4)31(18-45(58)66-6)37(52-38)21-34-27(10-14-41(54)62-2)30(17-44(57)65-5)36(50-34)22-35-28(11-15-42(55)63-3)32(19-46(59)67-7)39(24-48)51-35/h49-52H,9-25H2,1-8H3. The summed E-state index contributed by atoms with van der Waals surface area (Å²) in [5.41, 5.74) is 7.18. The quantitative estimate of drug-likeness (QED) is 0.0720. The Morgan fingerprint density at radius 1 is 0.382 bits per heavy atom. The number of carbonyl (C=O) groups is 8. The van der Waals surface area contributed by atoms with Crippen LogP contribution in [-0.2, 0) is 140 Å². The fraction of sp³-hybridized carbons (Fsp3) is 0.542. The van der Waals surface area contributed by atoms with Crippen molar-refractivity contribution < 1.29 is 76.3 Å². The van der Waals surface area contributed by atoms with E-state index >= 15 is 0 Å². The molecule has 3 aromatic rings. The first-order valence-corrected chi connectivity index (χ1v) is 22.2. The minimum atomic E-state index is -1.18. The molecular formula is C48H62N4O16. The van der Waals surface area contributed by atoms with E-state index in [2.05, 4.69) is 20.3 Å². The molecule has 20 heteroatoms. The SMILES string of the molecule is COC(=O)CCC1=C(CC(=O)OC)C2(Cc3[nH]c(c(CC(=O)OC)c3CCC(=O)OC)Cc3[nH]c(c(CC(=O)OC)c3CCC(=O)OC)Cc3[nH]c(c(CC(=O)OC)c3CCC(=O)OC)C2)NC1. The lowest BCUT2D eigenvalue weighted by Crippen LogP contribution is -2.48. The summed E-state index contributed by atoms with van der Waals surface area (Å²) in [7, 11) is 10.2. The second-order valence-corrected chi connectivity index (χ2v) is 16.7. The minimum absolute atomic E-state index is 0.00985. The van der Waals surface area contributed by atoms with Crippen LogP contribution in [0, 0.1) is 0 Å². The van der Waals surface area contributed by atoms with Crippen molar-refractivity contribution >= 4 is 47.8 Å². The molecule has 0 saturated heterocycles. The van der Waals surface area contributed by atoms with Crippen molar-refractivity contribution in [1.82, 2.24) is 20.3 Å². The van der Waals surface area contributed by atoms with E-state index in [0.29, 0.717) is 73.1 Å². The topological polar surface area (TPSA) is 270 Å². The van der Waals surface area contributed by atoms with Crippen molar-refractivity contribution in [2.24, 2.45) is 0 Å². The lowest BCUT2D eigenvalue weighted by atomic mass is 9.77. The molecule has 20 nitrogen and oxygen atoms in total. The average Bonchev–Trinajstić information content (AvgIpc) is 4.04. The van der Waals surface area contributed by atoms with Gasteiger partial charge in [0.2, 0.25) is 0 Å². The third kappa shape index (κ3) is 12.4. The Kier molecular flexibility index (Phi) is 18.3. The number of carbonyl (C=O) groups excluding carboxylic acids is 8. The zero-order valence-electron chi connectivity index (χ0n) is 40.1. The van der Waals surface area contributed by atoms with Gasteiger partial charge in [0, 0.05) is 92.1 Å². The Morgan fingerprint density at radius 2 is 0.676 bits per heavy atom. The zero-order valence-corrected chi connectivity index (χ0v) is 40.1. The average molecular weight is 951 g/mol. The summed E-state index contributed by atoms with van der Waals surface area (Å²) in [5, 5.41) is 3.70. The predicted octanol–water partition coefficient (Wildman–Crippen LogP) is 2.57. The number of aromatic amines is 3. The lowest BCUT2D eigenvalue weighted by Gasteiger charge is -2.34. The van der Waals surface area contributed by atoms with Crippen LogP contribution in [0.5, 0.6) is 0 Å². The Labute approximate surface area is 393 Å². The maximum absolute atomic E-state index is 13.5. The second-order valence-electron chi connectivity index (χ2n) is 16.7. The highest BCUT2D eigenvalue weighted by molar-refractivity contribution is 5.78. The largest absolute Gasteiger partial charge is 0.469 e. The minimum Gasteiger partial charge on any atom is -0.469 e. The summed E-state index contributed by atoms with van der Waals surface area (Å²) in [6, 6.07) is 0. The van der Waals surface area contributed by atoms with Gasteiger partial charge in [-0.1, -0.05) is 5.57 Å². The molecule has 5 heterocycles. The number of hydrogen-bond acceptors (Lipinski definition) is 17. The van der Waals surface area contributed by atoms with Gasteiger partial charge in [-0.25, -0.2) is 0 Å². The molecule has 0 fully saturated rings. The number of H-pyrrole nitrogens is 3. The predicted molar refractivity (Wildman–Crippen MR) is 239 cm³/mol. The van der Waals surface area contributed by atoms with E-state index < -0.39 is 53.3 Å². The molecule has 6 bridgehead atoms. The van der Waals surface area contributed by atoms with E-state index in [9.17, 15) is 38.4 Å². The summed E-state index contributed by atoms with van der Waals surface area (Å²) in [6.07, 6.45) is 0.0225. The van der Waals surface area contributed by atoms with Crippen LogP contribution in [0.1, 0.15) is 106 Å². The maximum atomic E-state index is 13.5. The van der Waals surface area contributed by atoms with Crippen LogP contribution in [0.15, 0.2) is 11.1 Å². The molecule has 0 aromatic carbocycles. The van der Waals surface area contributed by atoms with Gasteiger partial charge >= 0.3 is 47.8 Å². The molecule has 1 unspecified atom stereocenters. The molecular weight excluding hydrogens is 889 g/mol. The van der Waals surface area contributed by atoms with E-state index in [1.54, 1.807) is 0 Å². The highest BCUT2D eigenvalue weighted by Gasteiger charge is 2.44. The van der Waals surface area contributed by atoms with Gasteiger partial charge in [0.1, 0.15) is 0 Å².